The first kappa shape index (κ1) is 19.4. The highest BCUT2D eigenvalue weighted by Crippen LogP contribution is 2.28. The molecule has 0 saturated heterocycles. The molecule has 128 valence electrons. The zero-order valence-corrected chi connectivity index (χ0v) is 14.9. The van der Waals surface area contributed by atoms with Crippen molar-refractivity contribution >= 4 is 23.8 Å². The van der Waals surface area contributed by atoms with E-state index in [9.17, 15) is 9.59 Å². The molecule has 1 amide bonds. The standard InChI is InChI=1S/C17H25NO4S/c1-16(2,3)23-12-17(4,10-14(19)20)18-15(21)22-11-13-8-6-5-7-9-13/h5-9H,10-12H2,1-4H3,(H,18,21)(H,19,20). The fraction of sp³-hybridized carbons (Fsp3) is 0.529. The number of amides is 1. The summed E-state index contributed by atoms with van der Waals surface area (Å²) in [6.45, 7) is 8.03. The van der Waals surface area contributed by atoms with E-state index in [1.54, 1.807) is 18.7 Å². The summed E-state index contributed by atoms with van der Waals surface area (Å²) in [6, 6.07) is 9.34. The predicted octanol–water partition coefficient (Wildman–Crippen LogP) is 3.68. The highest BCUT2D eigenvalue weighted by Gasteiger charge is 2.32. The Labute approximate surface area is 141 Å². The third-order valence-corrected chi connectivity index (χ3v) is 4.63. The Bertz CT molecular complexity index is 527. The molecular formula is C17H25NO4S. The number of hydrogen-bond donors (Lipinski definition) is 2. The van der Waals surface area contributed by atoms with Crippen LogP contribution in [0.2, 0.25) is 0 Å². The number of nitrogens with one attached hydrogen (secondary N) is 1. The molecule has 1 aromatic carbocycles. The number of rotatable bonds is 7. The molecule has 0 aromatic heterocycles. The first-order valence-corrected chi connectivity index (χ1v) is 8.43. The van der Waals surface area contributed by atoms with Crippen molar-refractivity contribution in [3.63, 3.8) is 0 Å². The van der Waals surface area contributed by atoms with Gasteiger partial charge in [-0.1, -0.05) is 51.1 Å². The fourth-order valence-corrected chi connectivity index (χ4v) is 2.77. The molecule has 1 unspecified atom stereocenters. The smallest absolute Gasteiger partial charge is 0.407 e. The van der Waals surface area contributed by atoms with Crippen molar-refractivity contribution in [1.82, 2.24) is 5.32 Å². The van der Waals surface area contributed by atoms with E-state index in [1.807, 2.05) is 51.1 Å². The van der Waals surface area contributed by atoms with Gasteiger partial charge in [-0.25, -0.2) is 4.79 Å². The monoisotopic (exact) mass is 339 g/mol. The number of carbonyl (C=O) groups excluding carboxylic acids is 1. The third-order valence-electron chi connectivity index (χ3n) is 2.98. The lowest BCUT2D eigenvalue weighted by Crippen LogP contribution is -2.50. The number of hydrogen-bond acceptors (Lipinski definition) is 4. The van der Waals surface area contributed by atoms with E-state index in [0.29, 0.717) is 5.75 Å². The number of aliphatic carboxylic acids is 1. The van der Waals surface area contributed by atoms with Gasteiger partial charge in [0.15, 0.2) is 0 Å². The van der Waals surface area contributed by atoms with Gasteiger partial charge in [0.05, 0.1) is 12.0 Å². The van der Waals surface area contributed by atoms with Crippen molar-refractivity contribution in [1.29, 1.82) is 0 Å². The highest BCUT2D eigenvalue weighted by atomic mass is 32.2. The molecule has 0 radical (unpaired) electrons. The zero-order chi connectivity index (χ0) is 17.5. The van der Waals surface area contributed by atoms with E-state index in [-0.39, 0.29) is 17.8 Å². The molecule has 23 heavy (non-hydrogen) atoms. The molecule has 0 spiro atoms. The molecule has 5 nitrogen and oxygen atoms in total. The van der Waals surface area contributed by atoms with Crippen molar-refractivity contribution in [2.24, 2.45) is 0 Å². The molecule has 0 aliphatic rings. The van der Waals surface area contributed by atoms with Gasteiger partial charge in [0.1, 0.15) is 6.61 Å². The van der Waals surface area contributed by atoms with E-state index in [1.165, 1.54) is 0 Å². The van der Waals surface area contributed by atoms with Gasteiger partial charge in [0, 0.05) is 10.5 Å². The molecule has 2 N–H and O–H groups in total. The number of alkyl carbamates (subject to hydrolysis) is 1. The van der Waals surface area contributed by atoms with E-state index in [2.05, 4.69) is 5.32 Å². The Hall–Kier alpha value is -1.69. The van der Waals surface area contributed by atoms with Crippen LogP contribution in [0.5, 0.6) is 0 Å². The molecule has 0 aliphatic heterocycles. The van der Waals surface area contributed by atoms with Gasteiger partial charge in [-0.05, 0) is 12.5 Å². The van der Waals surface area contributed by atoms with E-state index in [4.69, 9.17) is 9.84 Å². The quantitative estimate of drug-likeness (QED) is 0.792. The van der Waals surface area contributed by atoms with Crippen LogP contribution in [0.3, 0.4) is 0 Å². The van der Waals surface area contributed by atoms with Gasteiger partial charge in [-0.15, -0.1) is 0 Å². The summed E-state index contributed by atoms with van der Waals surface area (Å²) in [7, 11) is 0. The molecule has 6 heteroatoms. The SMILES string of the molecule is CC(CSC(C)(C)C)(CC(=O)O)NC(=O)OCc1ccccc1. The van der Waals surface area contributed by atoms with Gasteiger partial charge < -0.3 is 15.2 Å². The maximum absolute atomic E-state index is 12.0. The lowest BCUT2D eigenvalue weighted by atomic mass is 10.0. The Morgan fingerprint density at radius 3 is 2.30 bits per heavy atom. The van der Waals surface area contributed by atoms with Gasteiger partial charge in [0.25, 0.3) is 0 Å². The van der Waals surface area contributed by atoms with Crippen molar-refractivity contribution in [3.8, 4) is 0 Å². The highest BCUT2D eigenvalue weighted by molar-refractivity contribution is 8.00. The van der Waals surface area contributed by atoms with Gasteiger partial charge in [0.2, 0.25) is 0 Å². The Morgan fingerprint density at radius 2 is 1.78 bits per heavy atom. The second-order valence-corrected chi connectivity index (χ2v) is 8.52. The number of carboxylic acids is 1. The van der Waals surface area contributed by atoms with E-state index in [0.717, 1.165) is 5.56 Å². The largest absolute Gasteiger partial charge is 0.481 e. The molecule has 0 aliphatic carbocycles. The molecule has 0 fully saturated rings. The minimum atomic E-state index is -0.953. The summed E-state index contributed by atoms with van der Waals surface area (Å²) < 4.78 is 5.17. The minimum absolute atomic E-state index is 0.0185. The van der Waals surface area contributed by atoms with Crippen LogP contribution < -0.4 is 5.32 Å². The van der Waals surface area contributed by atoms with E-state index < -0.39 is 17.6 Å². The average molecular weight is 339 g/mol. The van der Waals surface area contributed by atoms with Crippen molar-refractivity contribution in [3.05, 3.63) is 35.9 Å². The zero-order valence-electron chi connectivity index (χ0n) is 14.1. The molecule has 1 rings (SSSR count). The Morgan fingerprint density at radius 1 is 1.17 bits per heavy atom. The maximum Gasteiger partial charge on any atom is 0.407 e. The Balaban J connectivity index is 2.60. The van der Waals surface area contributed by atoms with Crippen LogP contribution in [0.15, 0.2) is 30.3 Å². The van der Waals surface area contributed by atoms with Crippen LogP contribution in [-0.2, 0) is 16.1 Å². The molecule has 1 aromatic rings. The molecular weight excluding hydrogens is 314 g/mol. The molecule has 1 atom stereocenters. The van der Waals surface area contributed by atoms with Crippen molar-refractivity contribution < 1.29 is 19.4 Å². The number of ether oxygens (including phenoxy) is 1. The average Bonchev–Trinajstić information content (AvgIpc) is 2.43. The van der Waals surface area contributed by atoms with Gasteiger partial charge in [-0.3, -0.25) is 4.79 Å². The first-order valence-electron chi connectivity index (χ1n) is 7.44. The number of benzene rings is 1. The Kier molecular flexibility index (Phi) is 6.94. The number of carboxylic acid groups (broad SMARTS) is 1. The maximum atomic E-state index is 12.0. The summed E-state index contributed by atoms with van der Waals surface area (Å²) in [5.74, 6) is -0.464. The topological polar surface area (TPSA) is 75.6 Å². The normalized spacial score (nSPS) is 13.9. The number of carbonyl (C=O) groups is 2. The summed E-state index contributed by atoms with van der Waals surface area (Å²) >= 11 is 1.61. The predicted molar refractivity (Wildman–Crippen MR) is 92.6 cm³/mol. The fourth-order valence-electron chi connectivity index (χ4n) is 1.85. The summed E-state index contributed by atoms with van der Waals surface area (Å²) in [5, 5.41) is 11.8. The van der Waals surface area contributed by atoms with Crippen LogP contribution in [-0.4, -0.2) is 33.2 Å². The van der Waals surface area contributed by atoms with Gasteiger partial charge >= 0.3 is 12.1 Å². The van der Waals surface area contributed by atoms with Crippen molar-refractivity contribution in [2.45, 2.75) is 51.0 Å². The van der Waals surface area contributed by atoms with E-state index >= 15 is 0 Å². The first-order chi connectivity index (χ1) is 10.6. The molecule has 0 saturated carbocycles. The summed E-state index contributed by atoms with van der Waals surface area (Å²) in [4.78, 5) is 23.1. The van der Waals surface area contributed by atoms with Crippen LogP contribution in [0.4, 0.5) is 4.79 Å². The summed E-state index contributed by atoms with van der Waals surface area (Å²) in [6.07, 6.45) is -0.761. The lowest BCUT2D eigenvalue weighted by Gasteiger charge is -2.31. The lowest BCUT2D eigenvalue weighted by molar-refractivity contribution is -0.138. The van der Waals surface area contributed by atoms with Crippen LogP contribution in [0, 0.1) is 0 Å². The number of thioether (sulfide) groups is 1. The van der Waals surface area contributed by atoms with Crippen LogP contribution in [0.25, 0.3) is 0 Å². The third kappa shape index (κ3) is 8.50. The minimum Gasteiger partial charge on any atom is -0.481 e. The molecule has 0 heterocycles. The summed E-state index contributed by atoms with van der Waals surface area (Å²) in [5.41, 5.74) is 0.0176. The second kappa shape index (κ2) is 8.24. The van der Waals surface area contributed by atoms with Crippen LogP contribution in [0.1, 0.15) is 39.7 Å². The van der Waals surface area contributed by atoms with Crippen molar-refractivity contribution in [2.75, 3.05) is 5.75 Å². The molecule has 0 bridgehead atoms. The van der Waals surface area contributed by atoms with Crippen LogP contribution >= 0.6 is 11.8 Å². The van der Waals surface area contributed by atoms with Gasteiger partial charge in [-0.2, -0.15) is 11.8 Å². The second-order valence-electron chi connectivity index (χ2n) is 6.72.